The van der Waals surface area contributed by atoms with Gasteiger partial charge in [-0.15, -0.1) is 0 Å². The molecular formula is C14H23NO2S. The molecule has 0 aromatic heterocycles. The molecule has 0 radical (unpaired) electrons. The Morgan fingerprint density at radius 2 is 1.94 bits per heavy atom. The van der Waals surface area contributed by atoms with Crippen molar-refractivity contribution in [2.45, 2.75) is 44.0 Å². The van der Waals surface area contributed by atoms with Gasteiger partial charge >= 0.3 is 0 Å². The Hall–Kier alpha value is -0.870. The molecule has 0 saturated heterocycles. The fourth-order valence-electron chi connectivity index (χ4n) is 2.09. The highest BCUT2D eigenvalue weighted by Gasteiger charge is 2.16. The third-order valence-electron chi connectivity index (χ3n) is 3.30. The van der Waals surface area contributed by atoms with Crippen LogP contribution in [0.2, 0.25) is 0 Å². The quantitative estimate of drug-likeness (QED) is 0.827. The van der Waals surface area contributed by atoms with E-state index in [1.54, 1.807) is 12.1 Å². The third-order valence-corrected chi connectivity index (χ3v) is 5.25. The average molecular weight is 269 g/mol. The minimum atomic E-state index is -3.13. The van der Waals surface area contributed by atoms with Gasteiger partial charge in [-0.1, -0.05) is 25.1 Å². The van der Waals surface area contributed by atoms with Crippen LogP contribution in [0.1, 0.15) is 31.7 Å². The molecule has 102 valence electrons. The SMILES string of the molecule is CCC(CCCS(=O)(=O)c1ccccc1C)NC. The standard InChI is InChI=1S/C14H23NO2S/c1-4-13(15-3)9-7-11-18(16,17)14-10-6-5-8-12(14)2/h5-6,8,10,13,15H,4,7,9,11H2,1-3H3. The van der Waals surface area contributed by atoms with Crippen LogP contribution in [-0.2, 0) is 9.84 Å². The molecule has 1 N–H and O–H groups in total. The van der Waals surface area contributed by atoms with Crippen molar-refractivity contribution in [2.75, 3.05) is 12.8 Å². The Morgan fingerprint density at radius 3 is 2.50 bits per heavy atom. The molecule has 18 heavy (non-hydrogen) atoms. The molecule has 0 saturated carbocycles. The Labute approximate surface area is 111 Å². The lowest BCUT2D eigenvalue weighted by atomic mass is 10.1. The molecule has 1 aromatic rings. The number of benzene rings is 1. The minimum Gasteiger partial charge on any atom is -0.317 e. The Balaban J connectivity index is 2.64. The molecule has 0 amide bonds. The summed E-state index contributed by atoms with van der Waals surface area (Å²) in [7, 11) is -1.21. The van der Waals surface area contributed by atoms with Crippen LogP contribution in [0.5, 0.6) is 0 Å². The molecule has 0 spiro atoms. The van der Waals surface area contributed by atoms with Gasteiger partial charge in [-0.2, -0.15) is 0 Å². The molecule has 4 heteroatoms. The van der Waals surface area contributed by atoms with E-state index in [0.717, 1.165) is 18.4 Å². The molecule has 0 aliphatic rings. The molecule has 1 aromatic carbocycles. The maximum atomic E-state index is 12.2. The van der Waals surface area contributed by atoms with Gasteiger partial charge in [0.15, 0.2) is 9.84 Å². The van der Waals surface area contributed by atoms with Gasteiger partial charge in [0.25, 0.3) is 0 Å². The second kappa shape index (κ2) is 6.90. The van der Waals surface area contributed by atoms with Crippen LogP contribution in [0.3, 0.4) is 0 Å². The van der Waals surface area contributed by atoms with Crippen molar-refractivity contribution in [1.82, 2.24) is 5.32 Å². The van der Waals surface area contributed by atoms with Gasteiger partial charge in [0.05, 0.1) is 10.6 Å². The van der Waals surface area contributed by atoms with Crippen molar-refractivity contribution >= 4 is 9.84 Å². The highest BCUT2D eigenvalue weighted by atomic mass is 32.2. The van der Waals surface area contributed by atoms with Crippen LogP contribution in [0.15, 0.2) is 29.2 Å². The number of nitrogens with one attached hydrogen (secondary N) is 1. The van der Waals surface area contributed by atoms with E-state index in [1.165, 1.54) is 0 Å². The summed E-state index contributed by atoms with van der Waals surface area (Å²) in [5, 5.41) is 3.19. The maximum absolute atomic E-state index is 12.2. The first-order valence-electron chi connectivity index (χ1n) is 6.47. The summed E-state index contributed by atoms with van der Waals surface area (Å²) in [6.45, 7) is 3.95. The number of sulfone groups is 1. The van der Waals surface area contributed by atoms with Gasteiger partial charge in [0.2, 0.25) is 0 Å². The Morgan fingerprint density at radius 1 is 1.28 bits per heavy atom. The van der Waals surface area contributed by atoms with Crippen molar-refractivity contribution in [2.24, 2.45) is 0 Å². The van der Waals surface area contributed by atoms with E-state index in [0.29, 0.717) is 17.4 Å². The van der Waals surface area contributed by atoms with Crippen LogP contribution >= 0.6 is 0 Å². The molecule has 1 rings (SSSR count). The first kappa shape index (κ1) is 15.2. The van der Waals surface area contributed by atoms with Gasteiger partial charge in [-0.3, -0.25) is 0 Å². The lowest BCUT2D eigenvalue weighted by Gasteiger charge is -2.13. The zero-order valence-electron chi connectivity index (χ0n) is 11.4. The van der Waals surface area contributed by atoms with E-state index in [2.05, 4.69) is 12.2 Å². The fourth-order valence-corrected chi connectivity index (χ4v) is 3.70. The zero-order valence-corrected chi connectivity index (χ0v) is 12.3. The average Bonchev–Trinajstić information content (AvgIpc) is 2.35. The van der Waals surface area contributed by atoms with Crippen LogP contribution in [0, 0.1) is 6.92 Å². The molecule has 0 aliphatic heterocycles. The molecule has 0 bridgehead atoms. The van der Waals surface area contributed by atoms with Gasteiger partial charge in [-0.25, -0.2) is 8.42 Å². The normalized spacial score (nSPS) is 13.5. The minimum absolute atomic E-state index is 0.232. The summed E-state index contributed by atoms with van der Waals surface area (Å²) in [5.74, 6) is 0.232. The van der Waals surface area contributed by atoms with E-state index >= 15 is 0 Å². The summed E-state index contributed by atoms with van der Waals surface area (Å²) >= 11 is 0. The van der Waals surface area contributed by atoms with Crippen molar-refractivity contribution in [3.63, 3.8) is 0 Å². The van der Waals surface area contributed by atoms with Gasteiger partial charge in [-0.05, 0) is 44.9 Å². The molecule has 1 atom stereocenters. The largest absolute Gasteiger partial charge is 0.317 e. The van der Waals surface area contributed by atoms with E-state index in [4.69, 9.17) is 0 Å². The summed E-state index contributed by atoms with van der Waals surface area (Å²) < 4.78 is 24.4. The molecule has 0 aliphatic carbocycles. The van der Waals surface area contributed by atoms with Crippen molar-refractivity contribution in [3.8, 4) is 0 Å². The van der Waals surface area contributed by atoms with Gasteiger partial charge in [0.1, 0.15) is 0 Å². The van der Waals surface area contributed by atoms with Crippen LogP contribution < -0.4 is 5.32 Å². The number of hydrogen-bond acceptors (Lipinski definition) is 3. The smallest absolute Gasteiger partial charge is 0.178 e. The molecular weight excluding hydrogens is 246 g/mol. The lowest BCUT2D eigenvalue weighted by Crippen LogP contribution is -2.24. The predicted molar refractivity (Wildman–Crippen MR) is 75.6 cm³/mol. The van der Waals surface area contributed by atoms with E-state index < -0.39 is 9.84 Å². The lowest BCUT2D eigenvalue weighted by molar-refractivity contribution is 0.500. The highest BCUT2D eigenvalue weighted by Crippen LogP contribution is 2.17. The van der Waals surface area contributed by atoms with Crippen LogP contribution in [-0.4, -0.2) is 27.3 Å². The molecule has 0 heterocycles. The number of hydrogen-bond donors (Lipinski definition) is 1. The van der Waals surface area contributed by atoms with Gasteiger partial charge < -0.3 is 5.32 Å². The first-order valence-corrected chi connectivity index (χ1v) is 8.12. The van der Waals surface area contributed by atoms with Crippen molar-refractivity contribution in [3.05, 3.63) is 29.8 Å². The Kier molecular flexibility index (Phi) is 5.82. The highest BCUT2D eigenvalue weighted by molar-refractivity contribution is 7.91. The molecule has 3 nitrogen and oxygen atoms in total. The van der Waals surface area contributed by atoms with E-state index in [9.17, 15) is 8.42 Å². The monoisotopic (exact) mass is 269 g/mol. The van der Waals surface area contributed by atoms with Crippen LogP contribution in [0.4, 0.5) is 0 Å². The second-order valence-electron chi connectivity index (χ2n) is 4.62. The molecule has 0 fully saturated rings. The first-order chi connectivity index (χ1) is 8.51. The summed E-state index contributed by atoms with van der Waals surface area (Å²) in [6.07, 6.45) is 2.63. The predicted octanol–water partition coefficient (Wildman–Crippen LogP) is 2.55. The van der Waals surface area contributed by atoms with E-state index in [-0.39, 0.29) is 5.75 Å². The number of aryl methyl sites for hydroxylation is 1. The maximum Gasteiger partial charge on any atom is 0.178 e. The Bertz CT molecular complexity index is 464. The van der Waals surface area contributed by atoms with Gasteiger partial charge in [0, 0.05) is 6.04 Å². The number of rotatable bonds is 7. The fraction of sp³-hybridized carbons (Fsp3) is 0.571. The third kappa shape index (κ3) is 4.10. The summed E-state index contributed by atoms with van der Waals surface area (Å²) in [5.41, 5.74) is 0.832. The molecule has 1 unspecified atom stereocenters. The van der Waals surface area contributed by atoms with Crippen molar-refractivity contribution in [1.29, 1.82) is 0 Å². The van der Waals surface area contributed by atoms with Crippen molar-refractivity contribution < 1.29 is 8.42 Å². The summed E-state index contributed by atoms with van der Waals surface area (Å²) in [6, 6.07) is 7.59. The second-order valence-corrected chi connectivity index (χ2v) is 6.70. The zero-order chi connectivity index (χ0) is 13.6. The van der Waals surface area contributed by atoms with Crippen LogP contribution in [0.25, 0.3) is 0 Å². The summed E-state index contributed by atoms with van der Waals surface area (Å²) in [4.78, 5) is 0.475. The topological polar surface area (TPSA) is 46.2 Å². The van der Waals surface area contributed by atoms with E-state index in [1.807, 2.05) is 26.1 Å².